The van der Waals surface area contributed by atoms with Gasteiger partial charge in [0.25, 0.3) is 0 Å². The van der Waals surface area contributed by atoms with E-state index in [1.807, 2.05) is 28.8 Å². The summed E-state index contributed by atoms with van der Waals surface area (Å²) in [6, 6.07) is 10.8. The zero-order valence-electron chi connectivity index (χ0n) is 15.0. The van der Waals surface area contributed by atoms with Crippen molar-refractivity contribution in [2.45, 2.75) is 25.5 Å². The lowest BCUT2D eigenvalue weighted by Gasteiger charge is -2.11. The molecule has 0 fully saturated rings. The number of carbonyl (C=O) groups excluding carboxylic acids is 1. The molecule has 0 N–H and O–H groups in total. The van der Waals surface area contributed by atoms with E-state index in [-0.39, 0.29) is 11.5 Å². The minimum Gasteiger partial charge on any atom is -0.497 e. The van der Waals surface area contributed by atoms with Crippen LogP contribution >= 0.6 is 11.8 Å². The molecule has 0 saturated carbocycles. The molecule has 3 rings (SSSR count). The SMILES string of the molecule is COc1cccc(C(=O)CSc2nnc(-c3ccco3)n2CC(C)C)c1. The van der Waals surface area contributed by atoms with Gasteiger partial charge in [-0.15, -0.1) is 10.2 Å². The summed E-state index contributed by atoms with van der Waals surface area (Å²) in [5.74, 6) is 2.73. The van der Waals surface area contributed by atoms with Gasteiger partial charge in [0.1, 0.15) is 5.75 Å². The average molecular weight is 371 g/mol. The predicted molar refractivity (Wildman–Crippen MR) is 101 cm³/mol. The van der Waals surface area contributed by atoms with Crippen molar-refractivity contribution in [2.75, 3.05) is 12.9 Å². The predicted octanol–water partition coefficient (Wildman–Crippen LogP) is 4.18. The van der Waals surface area contributed by atoms with Crippen molar-refractivity contribution in [3.8, 4) is 17.3 Å². The minimum absolute atomic E-state index is 0.0209. The largest absolute Gasteiger partial charge is 0.497 e. The highest BCUT2D eigenvalue weighted by molar-refractivity contribution is 7.99. The molecule has 0 bridgehead atoms. The Bertz CT molecular complexity index is 872. The summed E-state index contributed by atoms with van der Waals surface area (Å²) in [4.78, 5) is 12.5. The second-order valence-electron chi connectivity index (χ2n) is 6.23. The number of ether oxygens (including phenoxy) is 1. The summed E-state index contributed by atoms with van der Waals surface area (Å²) in [5, 5.41) is 9.23. The van der Waals surface area contributed by atoms with Gasteiger partial charge in [-0.25, -0.2) is 0 Å². The van der Waals surface area contributed by atoms with Crippen LogP contribution in [-0.2, 0) is 6.54 Å². The van der Waals surface area contributed by atoms with Crippen molar-refractivity contribution in [1.82, 2.24) is 14.8 Å². The van der Waals surface area contributed by atoms with Crippen molar-refractivity contribution in [3.05, 3.63) is 48.2 Å². The van der Waals surface area contributed by atoms with Crippen molar-refractivity contribution >= 4 is 17.5 Å². The minimum atomic E-state index is 0.0209. The number of ketones is 1. The van der Waals surface area contributed by atoms with Crippen LogP contribution in [0.25, 0.3) is 11.6 Å². The summed E-state index contributed by atoms with van der Waals surface area (Å²) in [6.45, 7) is 5.00. The molecule has 2 aromatic heterocycles. The summed E-state index contributed by atoms with van der Waals surface area (Å²) >= 11 is 1.38. The molecule has 136 valence electrons. The van der Waals surface area contributed by atoms with E-state index >= 15 is 0 Å². The number of methoxy groups -OCH3 is 1. The second-order valence-corrected chi connectivity index (χ2v) is 7.17. The fraction of sp³-hybridized carbons (Fsp3) is 0.316. The standard InChI is InChI=1S/C19H21N3O3S/c1-13(2)11-22-18(17-8-5-9-25-17)20-21-19(22)26-12-16(23)14-6-4-7-15(10-14)24-3/h4-10,13H,11-12H2,1-3H3. The monoisotopic (exact) mass is 371 g/mol. The van der Waals surface area contributed by atoms with Crippen LogP contribution < -0.4 is 4.74 Å². The summed E-state index contributed by atoms with van der Waals surface area (Å²) < 4.78 is 12.6. The molecule has 2 heterocycles. The molecule has 0 aliphatic heterocycles. The Morgan fingerprint density at radius 1 is 1.27 bits per heavy atom. The average Bonchev–Trinajstić information content (AvgIpc) is 3.29. The maximum absolute atomic E-state index is 12.5. The molecule has 7 heteroatoms. The van der Waals surface area contributed by atoms with Gasteiger partial charge in [0.05, 0.1) is 19.1 Å². The summed E-state index contributed by atoms with van der Waals surface area (Å²) in [7, 11) is 1.59. The Morgan fingerprint density at radius 3 is 2.81 bits per heavy atom. The van der Waals surface area contributed by atoms with Crippen LogP contribution in [0.3, 0.4) is 0 Å². The van der Waals surface area contributed by atoms with Gasteiger partial charge >= 0.3 is 0 Å². The highest BCUT2D eigenvalue weighted by Gasteiger charge is 2.18. The van der Waals surface area contributed by atoms with Gasteiger partial charge in [-0.3, -0.25) is 9.36 Å². The fourth-order valence-electron chi connectivity index (χ4n) is 2.52. The highest BCUT2D eigenvalue weighted by Crippen LogP contribution is 2.26. The second kappa shape index (κ2) is 8.23. The number of nitrogens with zero attached hydrogens (tertiary/aromatic N) is 3. The molecule has 0 aliphatic rings. The molecule has 0 atom stereocenters. The van der Waals surface area contributed by atoms with E-state index in [0.29, 0.717) is 34.0 Å². The van der Waals surface area contributed by atoms with E-state index in [4.69, 9.17) is 9.15 Å². The molecule has 0 radical (unpaired) electrons. The quantitative estimate of drug-likeness (QED) is 0.437. The number of hydrogen-bond acceptors (Lipinski definition) is 6. The van der Waals surface area contributed by atoms with Crippen LogP contribution in [-0.4, -0.2) is 33.4 Å². The number of rotatable bonds is 8. The van der Waals surface area contributed by atoms with Gasteiger partial charge < -0.3 is 9.15 Å². The third-order valence-corrected chi connectivity index (χ3v) is 4.70. The number of carbonyl (C=O) groups is 1. The number of benzene rings is 1. The van der Waals surface area contributed by atoms with Crippen molar-refractivity contribution in [1.29, 1.82) is 0 Å². The van der Waals surface area contributed by atoms with Crippen molar-refractivity contribution < 1.29 is 13.9 Å². The maximum atomic E-state index is 12.5. The first-order valence-corrected chi connectivity index (χ1v) is 9.34. The fourth-order valence-corrected chi connectivity index (χ4v) is 3.37. The number of thioether (sulfide) groups is 1. The van der Waals surface area contributed by atoms with Gasteiger partial charge in [-0.05, 0) is 30.2 Å². The van der Waals surface area contributed by atoms with Crippen LogP contribution in [0.2, 0.25) is 0 Å². The summed E-state index contributed by atoms with van der Waals surface area (Å²) in [6.07, 6.45) is 1.61. The normalized spacial score (nSPS) is 11.1. The number of Topliss-reactive ketones (excluding diaryl/α,β-unsaturated/α-hetero) is 1. The van der Waals surface area contributed by atoms with E-state index in [0.717, 1.165) is 6.54 Å². The molecule has 0 spiro atoms. The van der Waals surface area contributed by atoms with Gasteiger partial charge in [-0.2, -0.15) is 0 Å². The molecule has 0 amide bonds. The lowest BCUT2D eigenvalue weighted by atomic mass is 10.1. The Labute approximate surface area is 156 Å². The molecular formula is C19H21N3O3S. The lowest BCUT2D eigenvalue weighted by Crippen LogP contribution is -2.09. The van der Waals surface area contributed by atoms with E-state index in [1.54, 1.807) is 25.5 Å². The van der Waals surface area contributed by atoms with Crippen molar-refractivity contribution in [3.63, 3.8) is 0 Å². The van der Waals surface area contributed by atoms with E-state index in [1.165, 1.54) is 11.8 Å². The van der Waals surface area contributed by atoms with Crippen LogP contribution in [0.4, 0.5) is 0 Å². The Kier molecular flexibility index (Phi) is 5.78. The molecule has 0 saturated heterocycles. The van der Waals surface area contributed by atoms with Crippen LogP contribution in [0.5, 0.6) is 5.75 Å². The van der Waals surface area contributed by atoms with Crippen LogP contribution in [0.1, 0.15) is 24.2 Å². The first-order valence-electron chi connectivity index (χ1n) is 8.35. The first kappa shape index (κ1) is 18.3. The number of hydrogen-bond donors (Lipinski definition) is 0. The Balaban J connectivity index is 1.78. The molecule has 6 nitrogen and oxygen atoms in total. The van der Waals surface area contributed by atoms with Gasteiger partial charge in [0.15, 0.2) is 22.5 Å². The molecule has 0 aliphatic carbocycles. The van der Waals surface area contributed by atoms with E-state index < -0.39 is 0 Å². The molecule has 26 heavy (non-hydrogen) atoms. The van der Waals surface area contributed by atoms with Crippen LogP contribution in [0, 0.1) is 5.92 Å². The zero-order valence-corrected chi connectivity index (χ0v) is 15.8. The molecule has 3 aromatic rings. The highest BCUT2D eigenvalue weighted by atomic mass is 32.2. The smallest absolute Gasteiger partial charge is 0.200 e. The van der Waals surface area contributed by atoms with Gasteiger partial charge in [0.2, 0.25) is 0 Å². The van der Waals surface area contributed by atoms with Gasteiger partial charge in [-0.1, -0.05) is 37.7 Å². The van der Waals surface area contributed by atoms with Crippen molar-refractivity contribution in [2.24, 2.45) is 5.92 Å². The molecule has 1 aromatic carbocycles. The van der Waals surface area contributed by atoms with E-state index in [2.05, 4.69) is 24.0 Å². The summed E-state index contributed by atoms with van der Waals surface area (Å²) in [5.41, 5.74) is 0.623. The number of aromatic nitrogens is 3. The van der Waals surface area contributed by atoms with E-state index in [9.17, 15) is 4.79 Å². The number of furan rings is 1. The van der Waals surface area contributed by atoms with Crippen LogP contribution in [0.15, 0.2) is 52.2 Å². The maximum Gasteiger partial charge on any atom is 0.200 e. The lowest BCUT2D eigenvalue weighted by molar-refractivity contribution is 0.102. The third-order valence-electron chi connectivity index (χ3n) is 3.73. The zero-order chi connectivity index (χ0) is 18.5. The molecular weight excluding hydrogens is 350 g/mol. The third kappa shape index (κ3) is 4.16. The Morgan fingerprint density at radius 2 is 2.12 bits per heavy atom. The van der Waals surface area contributed by atoms with Gasteiger partial charge in [0, 0.05) is 12.1 Å². The molecule has 0 unspecified atom stereocenters. The topological polar surface area (TPSA) is 70.2 Å². The Hall–Kier alpha value is -2.54. The first-order chi connectivity index (χ1) is 12.6.